The van der Waals surface area contributed by atoms with Crippen molar-refractivity contribution in [3.63, 3.8) is 0 Å². The number of unbranched alkanes of at least 4 members (excludes halogenated alkanes) is 1. The van der Waals surface area contributed by atoms with Gasteiger partial charge in [-0.05, 0) is 75.7 Å². The topological polar surface area (TPSA) is 99.4 Å². The maximum atomic E-state index is 12.4. The van der Waals surface area contributed by atoms with Crippen LogP contribution in [0.25, 0.3) is 0 Å². The molecule has 4 saturated carbocycles. The molecule has 5 unspecified atom stereocenters. The molecule has 1 aliphatic heterocycles. The lowest BCUT2D eigenvalue weighted by Gasteiger charge is -2.65. The first-order valence-corrected chi connectivity index (χ1v) is 13.2. The number of hydrogen-bond acceptors (Lipinski definition) is 6. The Morgan fingerprint density at radius 2 is 1.85 bits per heavy atom. The van der Waals surface area contributed by atoms with Gasteiger partial charge < -0.3 is 20.1 Å². The quantitative estimate of drug-likeness (QED) is 0.332. The number of fused-ring (bicyclic) bond motifs is 5. The maximum absolute atomic E-state index is 12.4. The Morgan fingerprint density at radius 1 is 1.09 bits per heavy atom. The van der Waals surface area contributed by atoms with Crippen LogP contribution in [0.4, 0.5) is 0 Å². The van der Waals surface area contributed by atoms with Crippen LogP contribution in [0.2, 0.25) is 0 Å². The van der Waals surface area contributed by atoms with E-state index >= 15 is 0 Å². The largest absolute Gasteiger partial charge is 0.455 e. The van der Waals surface area contributed by atoms with E-state index in [1.54, 1.807) is 0 Å². The molecule has 0 saturated heterocycles. The van der Waals surface area contributed by atoms with Crippen molar-refractivity contribution in [2.24, 2.45) is 33.6 Å². The molecule has 6 heteroatoms. The van der Waals surface area contributed by atoms with Gasteiger partial charge in [-0.2, -0.15) is 0 Å². The van der Waals surface area contributed by atoms with E-state index < -0.39 is 22.7 Å². The lowest BCUT2D eigenvalue weighted by Crippen LogP contribution is -2.69. The molecule has 0 spiro atoms. The van der Waals surface area contributed by atoms with Crippen molar-refractivity contribution in [2.75, 3.05) is 6.54 Å². The number of cyclic esters (lactones) is 1. The summed E-state index contributed by atoms with van der Waals surface area (Å²) in [5.41, 5.74) is -2.62. The Hall–Kier alpha value is -1.24. The molecule has 33 heavy (non-hydrogen) atoms. The number of nitrogens with zero attached hydrogens (tertiary/aromatic N) is 1. The summed E-state index contributed by atoms with van der Waals surface area (Å²) in [6, 6.07) is 0. The number of carbonyl (C=O) groups excluding carboxylic acids is 1. The molecule has 0 aromatic heterocycles. The third kappa shape index (κ3) is 3.30. The number of esters is 1. The second-order valence-electron chi connectivity index (χ2n) is 11.9. The van der Waals surface area contributed by atoms with Crippen molar-refractivity contribution in [2.45, 2.75) is 108 Å². The van der Waals surface area contributed by atoms with Gasteiger partial charge in [-0.25, -0.2) is 4.79 Å². The Morgan fingerprint density at radius 3 is 2.58 bits per heavy atom. The van der Waals surface area contributed by atoms with Gasteiger partial charge in [-0.1, -0.05) is 20.3 Å². The average molecular weight is 460 g/mol. The predicted octanol–water partition coefficient (Wildman–Crippen LogP) is 3.57. The highest BCUT2D eigenvalue weighted by molar-refractivity contribution is 5.84. The van der Waals surface area contributed by atoms with Crippen LogP contribution in [-0.4, -0.2) is 57.5 Å². The summed E-state index contributed by atoms with van der Waals surface area (Å²) in [6.45, 7) is 5.12. The van der Waals surface area contributed by atoms with Gasteiger partial charge in [-0.15, -0.1) is 0 Å². The number of rotatable bonds is 5. The van der Waals surface area contributed by atoms with Crippen LogP contribution in [0.5, 0.6) is 0 Å². The molecule has 4 aliphatic carbocycles. The number of carbonyl (C=O) groups is 1. The first kappa shape index (κ1) is 23.5. The zero-order chi connectivity index (χ0) is 23.5. The van der Waals surface area contributed by atoms with Crippen molar-refractivity contribution in [1.82, 2.24) is 0 Å². The molecule has 9 atom stereocenters. The minimum absolute atomic E-state index is 0.0791. The highest BCUT2D eigenvalue weighted by Crippen LogP contribution is 2.70. The Kier molecular flexibility index (Phi) is 5.81. The monoisotopic (exact) mass is 459 g/mol. The first-order valence-electron chi connectivity index (χ1n) is 13.2. The molecular weight excluding hydrogens is 418 g/mol. The molecule has 0 aromatic carbocycles. The first-order chi connectivity index (χ1) is 15.7. The molecule has 0 bridgehead atoms. The van der Waals surface area contributed by atoms with Gasteiger partial charge in [0.25, 0.3) is 0 Å². The summed E-state index contributed by atoms with van der Waals surface area (Å²) < 4.78 is 5.60. The Labute approximate surface area is 197 Å². The van der Waals surface area contributed by atoms with Crippen molar-refractivity contribution < 1.29 is 24.9 Å². The highest BCUT2D eigenvalue weighted by atomic mass is 16.5. The van der Waals surface area contributed by atoms with E-state index in [0.717, 1.165) is 51.5 Å². The Bertz CT molecular complexity index is 842. The van der Waals surface area contributed by atoms with Crippen LogP contribution in [0, 0.1) is 28.6 Å². The van der Waals surface area contributed by atoms with Gasteiger partial charge in [0.1, 0.15) is 6.10 Å². The number of ether oxygens (including phenoxy) is 1. The molecule has 5 rings (SSSR count). The molecule has 5 aliphatic rings. The smallest absolute Gasteiger partial charge is 0.331 e. The number of aliphatic hydroxyl groups is 3. The summed E-state index contributed by atoms with van der Waals surface area (Å²) in [5, 5.41) is 34.8. The average Bonchev–Trinajstić information content (AvgIpc) is 3.31. The fourth-order valence-electron chi connectivity index (χ4n) is 8.82. The van der Waals surface area contributed by atoms with E-state index in [2.05, 4.69) is 20.1 Å². The molecule has 1 heterocycles. The minimum Gasteiger partial charge on any atom is -0.455 e. The van der Waals surface area contributed by atoms with Gasteiger partial charge in [0.2, 0.25) is 0 Å². The summed E-state index contributed by atoms with van der Waals surface area (Å²) in [6.07, 6.45) is 13.3. The summed E-state index contributed by atoms with van der Waals surface area (Å²) >= 11 is 0. The Balaban J connectivity index is 1.49. The second kappa shape index (κ2) is 8.17. The third-order valence-electron chi connectivity index (χ3n) is 10.6. The maximum Gasteiger partial charge on any atom is 0.331 e. The van der Waals surface area contributed by atoms with Crippen molar-refractivity contribution >= 4 is 12.2 Å². The van der Waals surface area contributed by atoms with Gasteiger partial charge >= 0.3 is 5.97 Å². The van der Waals surface area contributed by atoms with E-state index in [0.29, 0.717) is 25.7 Å². The van der Waals surface area contributed by atoms with Crippen LogP contribution < -0.4 is 0 Å². The normalized spacial score (nSPS) is 51.3. The predicted molar refractivity (Wildman–Crippen MR) is 126 cm³/mol. The van der Waals surface area contributed by atoms with Crippen LogP contribution in [0.15, 0.2) is 17.1 Å². The van der Waals surface area contributed by atoms with Gasteiger partial charge in [-0.3, -0.25) is 4.99 Å². The van der Waals surface area contributed by atoms with Crippen LogP contribution >= 0.6 is 0 Å². The molecule has 4 fully saturated rings. The van der Waals surface area contributed by atoms with E-state index in [9.17, 15) is 20.1 Å². The number of hydrogen-bond donors (Lipinski definition) is 3. The lowest BCUT2D eigenvalue weighted by molar-refractivity contribution is -0.241. The second-order valence-corrected chi connectivity index (χ2v) is 11.9. The van der Waals surface area contributed by atoms with Crippen molar-refractivity contribution in [3.8, 4) is 0 Å². The molecule has 0 amide bonds. The highest BCUT2D eigenvalue weighted by Gasteiger charge is 2.71. The van der Waals surface area contributed by atoms with Crippen LogP contribution in [0.1, 0.15) is 84.5 Å². The molecular formula is C27H41NO5. The summed E-state index contributed by atoms with van der Waals surface area (Å²) in [7, 11) is 0. The van der Waals surface area contributed by atoms with Crippen molar-refractivity contribution in [3.05, 3.63) is 12.2 Å². The summed E-state index contributed by atoms with van der Waals surface area (Å²) in [4.78, 5) is 16.6. The van der Waals surface area contributed by atoms with Gasteiger partial charge in [0.05, 0.1) is 17.3 Å². The van der Waals surface area contributed by atoms with E-state index in [1.165, 1.54) is 6.08 Å². The van der Waals surface area contributed by atoms with Crippen LogP contribution in [-0.2, 0) is 9.53 Å². The fourth-order valence-corrected chi connectivity index (χ4v) is 8.82. The van der Waals surface area contributed by atoms with Gasteiger partial charge in [0.15, 0.2) is 0 Å². The number of aliphatic imine (C=N–C) groups is 1. The molecule has 184 valence electrons. The van der Waals surface area contributed by atoms with E-state index in [-0.39, 0.29) is 35.2 Å². The molecule has 6 nitrogen and oxygen atoms in total. The SMILES string of the molecule is CCCCN=C[C@]12CCC(O)CC1(O)CCC1[C@@H]2CC[C@]2(C)[C@H](C3C=CC(=O)O3)CCC12O. The lowest BCUT2D eigenvalue weighted by atomic mass is 9.41. The summed E-state index contributed by atoms with van der Waals surface area (Å²) in [5.74, 6) is 0.0656. The van der Waals surface area contributed by atoms with E-state index in [1.807, 2.05) is 6.08 Å². The standard InChI is InChI=1S/C27H41NO5/c1-3-4-15-28-17-25-12-7-18(29)16-26(25,31)13-9-20-19(25)8-11-24(2)21(10-14-27(20,24)32)22-5-6-23(30)33-22/h5-6,17-22,29,31-32H,3-4,7-16H2,1-2H3/t18?,19-,20?,21-,22?,24+,25-,26?,27?/m0/s1. The zero-order valence-corrected chi connectivity index (χ0v) is 20.2. The van der Waals surface area contributed by atoms with E-state index in [4.69, 9.17) is 9.73 Å². The van der Waals surface area contributed by atoms with Crippen molar-refractivity contribution in [1.29, 1.82) is 0 Å². The zero-order valence-electron chi connectivity index (χ0n) is 20.2. The van der Waals surface area contributed by atoms with Crippen LogP contribution in [0.3, 0.4) is 0 Å². The molecule has 3 N–H and O–H groups in total. The number of aliphatic hydroxyl groups excluding tert-OH is 1. The van der Waals surface area contributed by atoms with Gasteiger partial charge in [0, 0.05) is 42.0 Å². The molecule has 0 aromatic rings. The fraction of sp³-hybridized carbons (Fsp3) is 0.852. The third-order valence-corrected chi connectivity index (χ3v) is 10.6. The molecule has 0 radical (unpaired) electrons. The minimum atomic E-state index is -0.965.